The Hall–Kier alpha value is -2.94. The van der Waals surface area contributed by atoms with Crippen LogP contribution in [0.25, 0.3) is 0 Å². The number of halogens is 1. The van der Waals surface area contributed by atoms with E-state index in [9.17, 15) is 19.7 Å². The van der Waals surface area contributed by atoms with E-state index in [1.54, 1.807) is 41.1 Å². The number of amides is 2. The summed E-state index contributed by atoms with van der Waals surface area (Å²) in [5.74, 6) is -0.314. The topological polar surface area (TPSA) is 95.8 Å². The highest BCUT2D eigenvalue weighted by atomic mass is 79.9. The number of likely N-dealkylation sites (N-methyl/N-ethyl adjacent to an activating group) is 1. The summed E-state index contributed by atoms with van der Waals surface area (Å²) in [7, 11) is 1.74. The first-order chi connectivity index (χ1) is 13.3. The Morgan fingerprint density at radius 3 is 2.75 bits per heavy atom. The molecule has 0 saturated heterocycles. The molecule has 3 rings (SSSR count). The van der Waals surface area contributed by atoms with Gasteiger partial charge in [-0.1, -0.05) is 12.1 Å². The highest BCUT2D eigenvalue weighted by molar-refractivity contribution is 9.10. The van der Waals surface area contributed by atoms with Crippen molar-refractivity contribution in [3.63, 3.8) is 0 Å². The van der Waals surface area contributed by atoms with Crippen molar-refractivity contribution in [2.45, 2.75) is 19.4 Å². The zero-order valence-corrected chi connectivity index (χ0v) is 17.0. The van der Waals surface area contributed by atoms with Gasteiger partial charge in [-0.05, 0) is 41.1 Å². The molecule has 2 amide bonds. The van der Waals surface area contributed by atoms with E-state index in [2.05, 4.69) is 21.2 Å². The largest absolute Gasteiger partial charge is 0.364 e. The molecule has 1 heterocycles. The summed E-state index contributed by atoms with van der Waals surface area (Å²) in [6.45, 7) is 1.88. The third-order valence-corrected chi connectivity index (χ3v) is 5.19. The first-order valence-electron chi connectivity index (χ1n) is 8.64. The highest BCUT2D eigenvalue weighted by Crippen LogP contribution is 2.33. The third-order valence-electron chi connectivity index (χ3n) is 4.55. The summed E-state index contributed by atoms with van der Waals surface area (Å²) in [5.41, 5.74) is 1.88. The number of rotatable bonds is 4. The second-order valence-electron chi connectivity index (χ2n) is 6.63. The number of hydrogen-bond acceptors (Lipinski definition) is 5. The molecule has 28 heavy (non-hydrogen) atoms. The van der Waals surface area contributed by atoms with Gasteiger partial charge in [0.25, 0.3) is 5.69 Å². The van der Waals surface area contributed by atoms with Crippen LogP contribution in [0.1, 0.15) is 13.3 Å². The molecule has 1 atom stereocenters. The molecule has 8 nitrogen and oxygen atoms in total. The van der Waals surface area contributed by atoms with Gasteiger partial charge in [0.15, 0.2) is 0 Å². The summed E-state index contributed by atoms with van der Waals surface area (Å²) in [4.78, 5) is 39.0. The van der Waals surface area contributed by atoms with E-state index in [0.717, 1.165) is 0 Å². The SMILES string of the molecule is CC1CC(=O)Nc2ccccc2N1C(=O)CN(C)c1ccc([N+](=O)[O-])cc1Br. The molecule has 0 radical (unpaired) electrons. The van der Waals surface area contributed by atoms with Gasteiger partial charge in [0.2, 0.25) is 11.8 Å². The second-order valence-corrected chi connectivity index (χ2v) is 7.49. The van der Waals surface area contributed by atoms with Crippen LogP contribution in [0.4, 0.5) is 22.7 Å². The van der Waals surface area contributed by atoms with Crippen LogP contribution >= 0.6 is 15.9 Å². The maximum Gasteiger partial charge on any atom is 0.270 e. The van der Waals surface area contributed by atoms with Crippen molar-refractivity contribution >= 4 is 50.5 Å². The predicted octanol–water partition coefficient (Wildman–Crippen LogP) is 3.56. The fraction of sp³-hybridized carbons (Fsp3) is 0.263. The van der Waals surface area contributed by atoms with Gasteiger partial charge < -0.3 is 15.1 Å². The number of fused-ring (bicyclic) bond motifs is 1. The number of benzene rings is 2. The van der Waals surface area contributed by atoms with Crippen LogP contribution in [-0.4, -0.2) is 36.4 Å². The maximum atomic E-state index is 13.1. The summed E-state index contributed by atoms with van der Waals surface area (Å²) in [5, 5.41) is 13.7. The van der Waals surface area contributed by atoms with Crippen molar-refractivity contribution in [1.82, 2.24) is 0 Å². The smallest absolute Gasteiger partial charge is 0.270 e. The molecule has 0 spiro atoms. The van der Waals surface area contributed by atoms with Gasteiger partial charge in [0.1, 0.15) is 0 Å². The number of hydrogen-bond donors (Lipinski definition) is 1. The molecule has 1 aliphatic heterocycles. The lowest BCUT2D eigenvalue weighted by molar-refractivity contribution is -0.384. The maximum absolute atomic E-state index is 13.1. The molecule has 9 heteroatoms. The first kappa shape index (κ1) is 19.8. The number of nitrogens with one attached hydrogen (secondary N) is 1. The van der Waals surface area contributed by atoms with Crippen LogP contribution in [0.5, 0.6) is 0 Å². The Balaban J connectivity index is 1.86. The molecule has 1 N–H and O–H groups in total. The van der Waals surface area contributed by atoms with E-state index in [1.807, 2.05) is 13.0 Å². The van der Waals surface area contributed by atoms with Crippen LogP contribution in [0.2, 0.25) is 0 Å². The Bertz CT molecular complexity index is 949. The van der Waals surface area contributed by atoms with Gasteiger partial charge in [-0.25, -0.2) is 0 Å². The number of carbonyl (C=O) groups excluding carboxylic acids is 2. The molecule has 2 aromatic rings. The van der Waals surface area contributed by atoms with Crippen LogP contribution in [0.3, 0.4) is 0 Å². The third kappa shape index (κ3) is 3.99. The molecule has 0 saturated carbocycles. The standard InChI is InChI=1S/C19H19BrN4O4/c1-12-9-18(25)21-15-5-3-4-6-17(15)23(12)19(26)11-22(2)16-8-7-13(24(27)28)10-14(16)20/h3-8,10,12H,9,11H2,1-2H3,(H,21,25). The lowest BCUT2D eigenvalue weighted by Gasteiger charge is -2.30. The van der Waals surface area contributed by atoms with E-state index in [0.29, 0.717) is 21.5 Å². The van der Waals surface area contributed by atoms with Crippen molar-refractivity contribution in [2.24, 2.45) is 0 Å². The van der Waals surface area contributed by atoms with Crippen LogP contribution in [-0.2, 0) is 9.59 Å². The Morgan fingerprint density at radius 2 is 2.07 bits per heavy atom. The first-order valence-corrected chi connectivity index (χ1v) is 9.43. The van der Waals surface area contributed by atoms with Gasteiger partial charge in [-0.15, -0.1) is 0 Å². The van der Waals surface area contributed by atoms with Crippen molar-refractivity contribution in [3.05, 3.63) is 57.1 Å². The minimum Gasteiger partial charge on any atom is -0.364 e. The van der Waals surface area contributed by atoms with E-state index in [4.69, 9.17) is 0 Å². The summed E-state index contributed by atoms with van der Waals surface area (Å²) < 4.78 is 0.526. The Labute approximate surface area is 170 Å². The molecular formula is C19H19BrN4O4. The second kappa shape index (κ2) is 7.97. The minimum absolute atomic E-state index is 0.0324. The predicted molar refractivity (Wildman–Crippen MR) is 111 cm³/mol. The number of nitrogens with zero attached hydrogens (tertiary/aromatic N) is 3. The zero-order chi connectivity index (χ0) is 20.4. The van der Waals surface area contributed by atoms with E-state index < -0.39 is 4.92 Å². The van der Waals surface area contributed by atoms with E-state index in [-0.39, 0.29) is 36.5 Å². The summed E-state index contributed by atoms with van der Waals surface area (Å²) in [6.07, 6.45) is 0.200. The quantitative estimate of drug-likeness (QED) is 0.571. The number of non-ortho nitro benzene ring substituents is 1. The van der Waals surface area contributed by atoms with E-state index >= 15 is 0 Å². The Morgan fingerprint density at radius 1 is 1.36 bits per heavy atom. The average Bonchev–Trinajstić information content (AvgIpc) is 2.75. The fourth-order valence-corrected chi connectivity index (χ4v) is 3.92. The average molecular weight is 447 g/mol. The molecule has 2 aromatic carbocycles. The number of para-hydroxylation sites is 2. The molecule has 0 aliphatic carbocycles. The molecule has 0 bridgehead atoms. The van der Waals surface area contributed by atoms with Gasteiger partial charge in [0, 0.05) is 36.1 Å². The van der Waals surface area contributed by atoms with E-state index in [1.165, 1.54) is 12.1 Å². The van der Waals surface area contributed by atoms with Crippen molar-refractivity contribution in [1.29, 1.82) is 0 Å². The number of carbonyl (C=O) groups is 2. The lowest BCUT2D eigenvalue weighted by Crippen LogP contribution is -2.44. The minimum atomic E-state index is -0.473. The number of nitro groups is 1. The molecule has 1 unspecified atom stereocenters. The van der Waals surface area contributed by atoms with Crippen molar-refractivity contribution < 1.29 is 14.5 Å². The fourth-order valence-electron chi connectivity index (χ4n) is 3.25. The molecule has 1 aliphatic rings. The van der Waals surface area contributed by atoms with Gasteiger partial charge in [0.05, 0.1) is 28.5 Å². The Kier molecular flexibility index (Phi) is 5.64. The molecule has 146 valence electrons. The lowest BCUT2D eigenvalue weighted by atomic mass is 10.1. The zero-order valence-electron chi connectivity index (χ0n) is 15.4. The molecular weight excluding hydrogens is 428 g/mol. The van der Waals surface area contributed by atoms with Crippen LogP contribution in [0, 0.1) is 10.1 Å². The number of anilines is 3. The number of nitro benzene ring substituents is 1. The summed E-state index contributed by atoms with van der Waals surface area (Å²) in [6, 6.07) is 11.3. The summed E-state index contributed by atoms with van der Waals surface area (Å²) >= 11 is 3.33. The van der Waals surface area contributed by atoms with Gasteiger partial charge >= 0.3 is 0 Å². The molecule has 0 fully saturated rings. The van der Waals surface area contributed by atoms with Crippen LogP contribution in [0.15, 0.2) is 46.9 Å². The van der Waals surface area contributed by atoms with Gasteiger partial charge in [-0.3, -0.25) is 19.7 Å². The monoisotopic (exact) mass is 446 g/mol. The van der Waals surface area contributed by atoms with Gasteiger partial charge in [-0.2, -0.15) is 0 Å². The molecule has 0 aromatic heterocycles. The van der Waals surface area contributed by atoms with Crippen molar-refractivity contribution in [3.8, 4) is 0 Å². The normalized spacial score (nSPS) is 16.0. The highest BCUT2D eigenvalue weighted by Gasteiger charge is 2.30. The van der Waals surface area contributed by atoms with Crippen molar-refractivity contribution in [2.75, 3.05) is 28.7 Å². The van der Waals surface area contributed by atoms with Crippen LogP contribution < -0.4 is 15.1 Å².